The quantitative estimate of drug-likeness (QED) is 0.475. The molecule has 3 saturated heterocycles. The van der Waals surface area contributed by atoms with Gasteiger partial charge in [-0.1, -0.05) is 12.1 Å². The molecular formula is C23H31N5O4S. The number of nitrogens with zero attached hydrogens (tertiary/aromatic N) is 3. The third-order valence-electron chi connectivity index (χ3n) is 6.48. The van der Waals surface area contributed by atoms with Crippen molar-refractivity contribution in [3.05, 3.63) is 29.8 Å². The molecule has 33 heavy (non-hydrogen) atoms. The molecule has 0 spiro atoms. The molecule has 9 nitrogen and oxygen atoms in total. The summed E-state index contributed by atoms with van der Waals surface area (Å²) in [6, 6.07) is 6.86. The van der Waals surface area contributed by atoms with Gasteiger partial charge < -0.3 is 15.1 Å². The minimum Gasteiger partial charge on any atom is -0.342 e. The Kier molecular flexibility index (Phi) is 7.23. The smallest absolute Gasteiger partial charge is 0.322 e. The number of imide groups is 1. The molecule has 3 heterocycles. The first-order chi connectivity index (χ1) is 15.9. The topological polar surface area (TPSA) is 102 Å². The Balaban J connectivity index is 1.32. The van der Waals surface area contributed by atoms with Crippen LogP contribution >= 0.6 is 11.8 Å². The van der Waals surface area contributed by atoms with Crippen LogP contribution in [0.2, 0.25) is 0 Å². The molecule has 0 radical (unpaired) electrons. The fourth-order valence-corrected chi connectivity index (χ4v) is 5.52. The van der Waals surface area contributed by atoms with Crippen molar-refractivity contribution in [3.63, 3.8) is 0 Å². The van der Waals surface area contributed by atoms with E-state index in [9.17, 15) is 19.2 Å². The van der Waals surface area contributed by atoms with E-state index in [1.54, 1.807) is 13.0 Å². The van der Waals surface area contributed by atoms with E-state index in [0.717, 1.165) is 30.8 Å². The van der Waals surface area contributed by atoms with E-state index >= 15 is 0 Å². The van der Waals surface area contributed by atoms with Gasteiger partial charge in [-0.3, -0.25) is 24.6 Å². The molecule has 0 aliphatic carbocycles. The fourth-order valence-electron chi connectivity index (χ4n) is 4.39. The van der Waals surface area contributed by atoms with Gasteiger partial charge in [0, 0.05) is 49.9 Å². The number of thioether (sulfide) groups is 1. The molecule has 0 unspecified atom stereocenters. The second-order valence-electron chi connectivity index (χ2n) is 9.03. The molecule has 4 rings (SSSR count). The van der Waals surface area contributed by atoms with E-state index < -0.39 is 11.6 Å². The molecule has 1 atom stereocenters. The summed E-state index contributed by atoms with van der Waals surface area (Å²) in [6.45, 7) is 6.29. The zero-order chi connectivity index (χ0) is 23.4. The van der Waals surface area contributed by atoms with Crippen LogP contribution < -0.4 is 10.6 Å². The lowest BCUT2D eigenvalue weighted by molar-refractivity contribution is -0.133. The first-order valence-electron chi connectivity index (χ1n) is 11.5. The highest BCUT2D eigenvalue weighted by Gasteiger charge is 2.42. The Morgan fingerprint density at radius 3 is 2.33 bits per heavy atom. The summed E-state index contributed by atoms with van der Waals surface area (Å²) in [5.41, 5.74) is -0.418. The van der Waals surface area contributed by atoms with E-state index in [2.05, 4.69) is 15.5 Å². The predicted octanol–water partition coefficient (Wildman–Crippen LogP) is 1.15. The van der Waals surface area contributed by atoms with Crippen molar-refractivity contribution in [2.45, 2.75) is 36.6 Å². The maximum atomic E-state index is 13.3. The van der Waals surface area contributed by atoms with Crippen LogP contribution in [0.25, 0.3) is 0 Å². The molecule has 178 valence electrons. The lowest BCUT2D eigenvalue weighted by Crippen LogP contribution is -2.52. The number of piperidine rings is 1. The summed E-state index contributed by atoms with van der Waals surface area (Å²) in [5.74, 6) is 0.0957. The Morgan fingerprint density at radius 2 is 1.67 bits per heavy atom. The summed E-state index contributed by atoms with van der Waals surface area (Å²) in [5, 5.41) is 4.92. The minimum absolute atomic E-state index is 0.0508. The molecule has 3 fully saturated rings. The average Bonchev–Trinajstić information content (AvgIpc) is 3.09. The normalized spacial score (nSPS) is 23.9. The second kappa shape index (κ2) is 10.1. The second-order valence-corrected chi connectivity index (χ2v) is 10.1. The van der Waals surface area contributed by atoms with Crippen LogP contribution in [0.5, 0.6) is 0 Å². The number of hydrogen-bond donors (Lipinski definition) is 2. The summed E-state index contributed by atoms with van der Waals surface area (Å²) in [4.78, 5) is 56.1. The number of carbonyl (C=O) groups is 4. The van der Waals surface area contributed by atoms with Gasteiger partial charge in [-0.05, 0) is 38.3 Å². The average molecular weight is 474 g/mol. The van der Waals surface area contributed by atoms with Crippen LogP contribution in [0.15, 0.2) is 29.2 Å². The van der Waals surface area contributed by atoms with Crippen molar-refractivity contribution in [3.8, 4) is 0 Å². The molecular weight excluding hydrogens is 442 g/mol. The zero-order valence-corrected chi connectivity index (χ0v) is 19.8. The van der Waals surface area contributed by atoms with Gasteiger partial charge in [-0.15, -0.1) is 11.8 Å². The van der Waals surface area contributed by atoms with E-state index in [1.807, 2.05) is 28.0 Å². The molecule has 2 N–H and O–H groups in total. The van der Waals surface area contributed by atoms with Crippen molar-refractivity contribution < 1.29 is 19.2 Å². The first-order valence-corrected chi connectivity index (χ1v) is 12.5. The molecule has 0 aromatic heterocycles. The van der Waals surface area contributed by atoms with Crippen molar-refractivity contribution >= 4 is 35.5 Å². The largest absolute Gasteiger partial charge is 0.342 e. The van der Waals surface area contributed by atoms with Crippen LogP contribution in [-0.2, 0) is 9.59 Å². The highest BCUT2D eigenvalue weighted by Crippen LogP contribution is 2.28. The monoisotopic (exact) mass is 473 g/mol. The van der Waals surface area contributed by atoms with Crippen molar-refractivity contribution in [1.29, 1.82) is 0 Å². The van der Waals surface area contributed by atoms with Gasteiger partial charge in [-0.2, -0.15) is 0 Å². The number of hydrogen-bond acceptors (Lipinski definition) is 6. The molecule has 3 aliphatic heterocycles. The maximum absolute atomic E-state index is 13.3. The summed E-state index contributed by atoms with van der Waals surface area (Å²) >= 11 is 1.38. The van der Waals surface area contributed by atoms with Crippen LogP contribution in [0.4, 0.5) is 4.79 Å². The van der Waals surface area contributed by atoms with Gasteiger partial charge >= 0.3 is 6.03 Å². The summed E-state index contributed by atoms with van der Waals surface area (Å²) < 4.78 is 0. The number of piperazine rings is 1. The molecule has 1 aromatic carbocycles. The number of amides is 5. The summed E-state index contributed by atoms with van der Waals surface area (Å²) in [6.07, 6.45) is 3.37. The van der Waals surface area contributed by atoms with Gasteiger partial charge in [0.05, 0.1) is 12.1 Å². The number of rotatable bonds is 6. The minimum atomic E-state index is -1.01. The van der Waals surface area contributed by atoms with Gasteiger partial charge in [0.2, 0.25) is 5.91 Å². The van der Waals surface area contributed by atoms with E-state index in [1.165, 1.54) is 18.2 Å². The Morgan fingerprint density at radius 1 is 0.970 bits per heavy atom. The van der Waals surface area contributed by atoms with Crippen LogP contribution in [0, 0.1) is 0 Å². The maximum Gasteiger partial charge on any atom is 0.322 e. The van der Waals surface area contributed by atoms with E-state index in [0.29, 0.717) is 44.0 Å². The third-order valence-corrected chi connectivity index (χ3v) is 7.87. The van der Waals surface area contributed by atoms with E-state index in [4.69, 9.17) is 0 Å². The number of nitrogens with one attached hydrogen (secondary N) is 2. The lowest BCUT2D eigenvalue weighted by atomic mass is 10.1. The zero-order valence-electron chi connectivity index (χ0n) is 19.0. The predicted molar refractivity (Wildman–Crippen MR) is 125 cm³/mol. The van der Waals surface area contributed by atoms with Crippen LogP contribution in [0.3, 0.4) is 0 Å². The van der Waals surface area contributed by atoms with Crippen LogP contribution in [0.1, 0.15) is 36.5 Å². The lowest BCUT2D eigenvalue weighted by Gasteiger charge is -2.36. The van der Waals surface area contributed by atoms with Gasteiger partial charge in [0.25, 0.3) is 11.8 Å². The Bertz CT molecular complexity index is 927. The Hall–Kier alpha value is -2.59. The molecule has 10 heteroatoms. The van der Waals surface area contributed by atoms with Gasteiger partial charge in [0.15, 0.2) is 0 Å². The highest BCUT2D eigenvalue weighted by atomic mass is 32.2. The Labute approximate surface area is 198 Å². The molecule has 1 aromatic rings. The standard InChI is InChI=1S/C23H31N5O4S/c1-23(21(31)24-22(32)25-23)16-33-18-8-4-3-7-17(18)20(30)28-13-11-26(12-14-28)15-19(29)27-9-5-2-6-10-27/h3-4,7-8H,2,5-6,9-16H2,1H3,(H2,24,25,31,32)/t23-/m0/s1. The summed E-state index contributed by atoms with van der Waals surface area (Å²) in [7, 11) is 0. The third kappa shape index (κ3) is 5.50. The number of likely N-dealkylation sites (tertiary alicyclic amines) is 1. The van der Waals surface area contributed by atoms with Crippen LogP contribution in [-0.4, -0.2) is 95.6 Å². The number of carbonyl (C=O) groups excluding carboxylic acids is 4. The van der Waals surface area contributed by atoms with Crippen molar-refractivity contribution in [2.75, 3.05) is 51.6 Å². The number of urea groups is 1. The fraction of sp³-hybridized carbons (Fsp3) is 0.565. The molecule has 5 amide bonds. The van der Waals surface area contributed by atoms with Crippen molar-refractivity contribution in [1.82, 2.24) is 25.3 Å². The first kappa shape index (κ1) is 23.6. The molecule has 0 bridgehead atoms. The van der Waals surface area contributed by atoms with Gasteiger partial charge in [-0.25, -0.2) is 4.79 Å². The number of benzene rings is 1. The highest BCUT2D eigenvalue weighted by molar-refractivity contribution is 7.99. The van der Waals surface area contributed by atoms with E-state index in [-0.39, 0.29) is 17.7 Å². The SMILES string of the molecule is C[C@@]1(CSc2ccccc2C(=O)N2CCN(CC(=O)N3CCCCC3)CC2)NC(=O)NC1=O. The molecule has 0 saturated carbocycles. The van der Waals surface area contributed by atoms with Gasteiger partial charge in [0.1, 0.15) is 5.54 Å². The van der Waals surface area contributed by atoms with Crippen molar-refractivity contribution in [2.24, 2.45) is 0 Å². The molecule has 3 aliphatic rings.